The molecule has 3 aliphatic carbocycles. The Kier molecular flexibility index (Phi) is 1.99. The van der Waals surface area contributed by atoms with Gasteiger partial charge in [-0.15, -0.1) is 0 Å². The van der Waals surface area contributed by atoms with E-state index in [9.17, 15) is 14.7 Å². The van der Waals surface area contributed by atoms with E-state index in [1.807, 2.05) is 20.8 Å². The van der Waals surface area contributed by atoms with Crippen LogP contribution < -0.4 is 0 Å². The molecular formula is C15H20O3. The number of rotatable bonds is 0. The van der Waals surface area contributed by atoms with E-state index in [4.69, 9.17) is 0 Å². The highest BCUT2D eigenvalue weighted by atomic mass is 16.3. The minimum atomic E-state index is -1.44. The Morgan fingerprint density at radius 2 is 1.89 bits per heavy atom. The summed E-state index contributed by atoms with van der Waals surface area (Å²) in [5.74, 6) is -0.297. The van der Waals surface area contributed by atoms with Crippen LogP contribution in [0.4, 0.5) is 0 Å². The first kappa shape index (κ1) is 12.1. The maximum Gasteiger partial charge on any atom is 0.183 e. The van der Waals surface area contributed by atoms with Crippen LogP contribution in [0.25, 0.3) is 0 Å². The Hall–Kier alpha value is -0.960. The number of hydrogen-bond donors (Lipinski definition) is 1. The molecule has 98 valence electrons. The van der Waals surface area contributed by atoms with Crippen LogP contribution in [-0.4, -0.2) is 22.3 Å². The van der Waals surface area contributed by atoms with E-state index in [1.165, 1.54) is 6.08 Å². The minimum absolute atomic E-state index is 0.0290. The van der Waals surface area contributed by atoms with Crippen LogP contribution in [0.5, 0.6) is 0 Å². The third-order valence-electron chi connectivity index (χ3n) is 6.05. The molecule has 2 bridgehead atoms. The average molecular weight is 248 g/mol. The van der Waals surface area contributed by atoms with Crippen molar-refractivity contribution in [1.29, 1.82) is 0 Å². The van der Waals surface area contributed by atoms with Gasteiger partial charge in [0.2, 0.25) is 0 Å². The minimum Gasteiger partial charge on any atom is -0.377 e. The van der Waals surface area contributed by atoms with E-state index in [0.717, 1.165) is 12.8 Å². The highest BCUT2D eigenvalue weighted by molar-refractivity contribution is 6.21. The molecule has 0 amide bonds. The SMILES string of the molecule is CC1=CC(=O)[C@@]23C(=O)[C@]1(O)C(C)(C)[C@@H]2CC[C@H]3C. The summed E-state index contributed by atoms with van der Waals surface area (Å²) in [5.41, 5.74) is -2.42. The molecule has 0 aliphatic heterocycles. The number of ketones is 2. The number of hydrogen-bond acceptors (Lipinski definition) is 3. The third kappa shape index (κ3) is 0.851. The molecule has 2 saturated carbocycles. The van der Waals surface area contributed by atoms with Crippen molar-refractivity contribution in [3.63, 3.8) is 0 Å². The Balaban J connectivity index is 2.37. The van der Waals surface area contributed by atoms with Gasteiger partial charge in [-0.2, -0.15) is 0 Å². The van der Waals surface area contributed by atoms with E-state index in [-0.39, 0.29) is 23.4 Å². The Morgan fingerprint density at radius 3 is 2.50 bits per heavy atom. The highest BCUT2D eigenvalue weighted by Gasteiger charge is 2.78. The molecule has 3 aliphatic rings. The summed E-state index contributed by atoms with van der Waals surface area (Å²) in [4.78, 5) is 25.4. The van der Waals surface area contributed by atoms with E-state index in [1.54, 1.807) is 6.92 Å². The molecule has 1 N–H and O–H groups in total. The van der Waals surface area contributed by atoms with Crippen molar-refractivity contribution in [3.05, 3.63) is 11.6 Å². The van der Waals surface area contributed by atoms with Crippen molar-refractivity contribution in [2.24, 2.45) is 22.7 Å². The van der Waals surface area contributed by atoms with Crippen LogP contribution >= 0.6 is 0 Å². The van der Waals surface area contributed by atoms with Gasteiger partial charge in [0.1, 0.15) is 5.41 Å². The molecule has 0 unspecified atom stereocenters. The molecule has 2 fully saturated rings. The van der Waals surface area contributed by atoms with Gasteiger partial charge < -0.3 is 5.11 Å². The van der Waals surface area contributed by atoms with Crippen molar-refractivity contribution in [2.45, 2.75) is 46.1 Å². The summed E-state index contributed by atoms with van der Waals surface area (Å²) in [6, 6.07) is 0. The predicted octanol–water partition coefficient (Wildman–Crippen LogP) is 1.89. The van der Waals surface area contributed by atoms with Crippen molar-refractivity contribution >= 4 is 11.6 Å². The lowest BCUT2D eigenvalue weighted by molar-refractivity contribution is -0.149. The second-order valence-corrected chi connectivity index (χ2v) is 6.85. The summed E-state index contributed by atoms with van der Waals surface area (Å²) in [6.45, 7) is 7.55. The first-order chi connectivity index (χ1) is 8.21. The van der Waals surface area contributed by atoms with Gasteiger partial charge in [-0.3, -0.25) is 9.59 Å². The molecule has 1 spiro atoms. The first-order valence-electron chi connectivity index (χ1n) is 6.72. The van der Waals surface area contributed by atoms with E-state index >= 15 is 0 Å². The van der Waals surface area contributed by atoms with Crippen LogP contribution in [0.15, 0.2) is 11.6 Å². The van der Waals surface area contributed by atoms with Gasteiger partial charge in [0, 0.05) is 5.41 Å². The summed E-state index contributed by atoms with van der Waals surface area (Å²) in [5, 5.41) is 11.0. The molecule has 18 heavy (non-hydrogen) atoms. The smallest absolute Gasteiger partial charge is 0.183 e. The fraction of sp³-hybridized carbons (Fsp3) is 0.733. The molecule has 0 aromatic carbocycles. The van der Waals surface area contributed by atoms with Crippen molar-refractivity contribution in [2.75, 3.05) is 0 Å². The molecule has 0 heterocycles. The molecular weight excluding hydrogens is 228 g/mol. The fourth-order valence-electron chi connectivity index (χ4n) is 5.01. The van der Waals surface area contributed by atoms with E-state index in [0.29, 0.717) is 5.57 Å². The zero-order valence-corrected chi connectivity index (χ0v) is 11.4. The molecule has 0 radical (unpaired) electrons. The zero-order chi connectivity index (χ0) is 13.5. The summed E-state index contributed by atoms with van der Waals surface area (Å²) < 4.78 is 0. The van der Waals surface area contributed by atoms with Gasteiger partial charge in [-0.25, -0.2) is 0 Å². The topological polar surface area (TPSA) is 54.4 Å². The lowest BCUT2D eigenvalue weighted by Crippen LogP contribution is -2.54. The zero-order valence-electron chi connectivity index (χ0n) is 11.4. The van der Waals surface area contributed by atoms with Crippen LogP contribution in [-0.2, 0) is 9.59 Å². The second kappa shape index (κ2) is 2.96. The molecule has 3 heteroatoms. The molecule has 3 nitrogen and oxygen atoms in total. The van der Waals surface area contributed by atoms with Gasteiger partial charge in [-0.1, -0.05) is 20.8 Å². The normalized spacial score (nSPS) is 49.3. The molecule has 3 rings (SSSR count). The number of aliphatic hydroxyl groups is 1. The second-order valence-electron chi connectivity index (χ2n) is 6.85. The Bertz CT molecular complexity index is 502. The van der Waals surface area contributed by atoms with Crippen LogP contribution in [0, 0.1) is 22.7 Å². The lowest BCUT2D eigenvalue weighted by Gasteiger charge is -2.39. The highest BCUT2D eigenvalue weighted by Crippen LogP contribution is 2.69. The quantitative estimate of drug-likeness (QED) is 0.666. The number of carbonyl (C=O) groups is 2. The van der Waals surface area contributed by atoms with Gasteiger partial charge >= 0.3 is 0 Å². The number of allylic oxidation sites excluding steroid dienone is 1. The average Bonchev–Trinajstić information content (AvgIpc) is 2.67. The first-order valence-corrected chi connectivity index (χ1v) is 6.72. The van der Waals surface area contributed by atoms with Gasteiger partial charge in [0.15, 0.2) is 17.2 Å². The monoisotopic (exact) mass is 248 g/mol. The number of Topliss-reactive ketones (excluding diaryl/α,β-unsaturated/α-hetero) is 1. The Labute approximate surface area is 107 Å². The number of carbonyl (C=O) groups excluding carboxylic acids is 2. The number of fused-ring (bicyclic) bond motifs is 1. The van der Waals surface area contributed by atoms with E-state index < -0.39 is 16.4 Å². The molecule has 0 aromatic heterocycles. The summed E-state index contributed by atoms with van der Waals surface area (Å²) in [7, 11) is 0. The fourth-order valence-corrected chi connectivity index (χ4v) is 5.01. The van der Waals surface area contributed by atoms with E-state index in [2.05, 4.69) is 0 Å². The maximum absolute atomic E-state index is 12.8. The predicted molar refractivity (Wildman–Crippen MR) is 66.8 cm³/mol. The summed E-state index contributed by atoms with van der Waals surface area (Å²) in [6.07, 6.45) is 3.27. The van der Waals surface area contributed by atoms with Gasteiger partial charge in [-0.05, 0) is 43.3 Å². The van der Waals surface area contributed by atoms with Gasteiger partial charge in [0.25, 0.3) is 0 Å². The van der Waals surface area contributed by atoms with Gasteiger partial charge in [0.05, 0.1) is 0 Å². The molecule has 0 aromatic rings. The van der Waals surface area contributed by atoms with Crippen LogP contribution in [0.2, 0.25) is 0 Å². The lowest BCUT2D eigenvalue weighted by atomic mass is 9.66. The standard InChI is InChI=1S/C15H20O3/c1-8-5-6-10-13(3,4)15(18)9(2)7-11(16)14(8,10)12(15)17/h7-8,10,18H,5-6H2,1-4H3/t8-,10+,14+,15+/m1/s1. The third-order valence-corrected chi connectivity index (χ3v) is 6.05. The maximum atomic E-state index is 12.8. The largest absolute Gasteiger partial charge is 0.377 e. The van der Waals surface area contributed by atoms with Crippen molar-refractivity contribution in [3.8, 4) is 0 Å². The summed E-state index contributed by atoms with van der Waals surface area (Å²) >= 11 is 0. The molecule has 4 atom stereocenters. The van der Waals surface area contributed by atoms with Crippen LogP contribution in [0.3, 0.4) is 0 Å². The van der Waals surface area contributed by atoms with Crippen molar-refractivity contribution < 1.29 is 14.7 Å². The molecule has 0 saturated heterocycles. The Morgan fingerprint density at radius 1 is 1.28 bits per heavy atom. The van der Waals surface area contributed by atoms with Crippen molar-refractivity contribution in [1.82, 2.24) is 0 Å². The van der Waals surface area contributed by atoms with Crippen LogP contribution in [0.1, 0.15) is 40.5 Å².